The maximum absolute atomic E-state index is 10.6. The van der Waals surface area contributed by atoms with Crippen LogP contribution in [0.25, 0.3) is 0 Å². The molecule has 0 aromatic heterocycles. The standard InChI is InChI=1S/C8H11O3/c1-3-8(9)11-6(2)4-7-5-10-7/h3,6-7H,1-2,4-5H2. The van der Waals surface area contributed by atoms with Gasteiger partial charge in [0.2, 0.25) is 0 Å². The summed E-state index contributed by atoms with van der Waals surface area (Å²) >= 11 is 0. The van der Waals surface area contributed by atoms with Gasteiger partial charge >= 0.3 is 5.97 Å². The van der Waals surface area contributed by atoms with E-state index in [0.29, 0.717) is 6.42 Å². The zero-order chi connectivity index (χ0) is 8.27. The monoisotopic (exact) mass is 155 g/mol. The molecule has 0 aromatic carbocycles. The van der Waals surface area contributed by atoms with Crippen LogP contribution in [0.15, 0.2) is 12.7 Å². The largest absolute Gasteiger partial charge is 0.459 e. The predicted molar refractivity (Wildman–Crippen MR) is 39.8 cm³/mol. The summed E-state index contributed by atoms with van der Waals surface area (Å²) in [6.07, 6.45) is 1.74. The molecule has 2 unspecified atom stereocenters. The molecule has 0 amide bonds. The maximum Gasteiger partial charge on any atom is 0.330 e. The van der Waals surface area contributed by atoms with E-state index in [2.05, 4.69) is 13.5 Å². The fraction of sp³-hybridized carbons (Fsp3) is 0.500. The van der Waals surface area contributed by atoms with E-state index in [9.17, 15) is 4.79 Å². The second-order valence-corrected chi connectivity index (χ2v) is 2.45. The molecule has 3 nitrogen and oxygen atoms in total. The van der Waals surface area contributed by atoms with Crippen LogP contribution in [0.5, 0.6) is 0 Å². The summed E-state index contributed by atoms with van der Waals surface area (Å²) in [5, 5.41) is 0. The van der Waals surface area contributed by atoms with Gasteiger partial charge in [0.1, 0.15) is 6.10 Å². The summed E-state index contributed by atoms with van der Waals surface area (Å²) in [6, 6.07) is 0. The second-order valence-electron chi connectivity index (χ2n) is 2.45. The van der Waals surface area contributed by atoms with E-state index in [1.165, 1.54) is 0 Å². The molecule has 11 heavy (non-hydrogen) atoms. The van der Waals surface area contributed by atoms with Crippen LogP contribution in [0.4, 0.5) is 0 Å². The molecule has 3 heteroatoms. The summed E-state index contributed by atoms with van der Waals surface area (Å²) in [7, 11) is 0. The summed E-state index contributed by atoms with van der Waals surface area (Å²) in [6.45, 7) is 7.67. The van der Waals surface area contributed by atoms with E-state index in [-0.39, 0.29) is 12.2 Å². The lowest BCUT2D eigenvalue weighted by Crippen LogP contribution is -2.15. The van der Waals surface area contributed by atoms with Crippen LogP contribution in [0.2, 0.25) is 0 Å². The average Bonchev–Trinajstić information content (AvgIpc) is 2.71. The van der Waals surface area contributed by atoms with Crippen LogP contribution in [0.3, 0.4) is 0 Å². The lowest BCUT2D eigenvalue weighted by molar-refractivity contribution is -0.141. The first-order valence-corrected chi connectivity index (χ1v) is 3.50. The van der Waals surface area contributed by atoms with E-state index < -0.39 is 5.97 Å². The summed E-state index contributed by atoms with van der Waals surface area (Å²) in [5.41, 5.74) is 0. The van der Waals surface area contributed by atoms with Crippen molar-refractivity contribution in [2.45, 2.75) is 18.6 Å². The van der Waals surface area contributed by atoms with Gasteiger partial charge in [0.05, 0.1) is 12.7 Å². The molecule has 0 N–H and O–H groups in total. The first-order chi connectivity index (χ1) is 5.22. The van der Waals surface area contributed by atoms with Gasteiger partial charge in [-0.1, -0.05) is 6.58 Å². The van der Waals surface area contributed by atoms with Crippen molar-refractivity contribution in [1.29, 1.82) is 0 Å². The summed E-state index contributed by atoms with van der Waals surface area (Å²) in [5.74, 6) is -0.425. The molecule has 2 atom stereocenters. The number of ether oxygens (including phenoxy) is 2. The quantitative estimate of drug-likeness (QED) is 0.341. The molecule has 0 aromatic rings. The van der Waals surface area contributed by atoms with E-state index in [1.54, 1.807) is 0 Å². The molecule has 1 rings (SSSR count). The van der Waals surface area contributed by atoms with Crippen LogP contribution in [-0.2, 0) is 14.3 Å². The SMILES string of the molecule is [CH2]C(CC1CO1)OC(=O)C=C. The van der Waals surface area contributed by atoms with E-state index in [0.717, 1.165) is 12.7 Å². The Balaban J connectivity index is 2.13. The molecule has 0 spiro atoms. The highest BCUT2D eigenvalue weighted by atomic mass is 16.6. The van der Waals surface area contributed by atoms with Crippen LogP contribution in [0, 0.1) is 6.92 Å². The van der Waals surface area contributed by atoms with Crippen molar-refractivity contribution in [3.05, 3.63) is 19.6 Å². The molecule has 0 bridgehead atoms. The van der Waals surface area contributed by atoms with Crippen molar-refractivity contribution in [1.82, 2.24) is 0 Å². The number of hydrogen-bond acceptors (Lipinski definition) is 3. The smallest absolute Gasteiger partial charge is 0.330 e. The molecule has 0 saturated carbocycles. The van der Waals surface area contributed by atoms with Gasteiger partial charge in [0.15, 0.2) is 0 Å². The van der Waals surface area contributed by atoms with E-state index in [4.69, 9.17) is 9.47 Å². The minimum Gasteiger partial charge on any atom is -0.459 e. The van der Waals surface area contributed by atoms with Crippen molar-refractivity contribution >= 4 is 5.97 Å². The van der Waals surface area contributed by atoms with Gasteiger partial charge in [-0.25, -0.2) is 4.79 Å². The Labute approximate surface area is 66.0 Å². The van der Waals surface area contributed by atoms with Crippen molar-refractivity contribution < 1.29 is 14.3 Å². The molecular formula is C8H11O3. The Hall–Kier alpha value is -0.830. The second kappa shape index (κ2) is 3.53. The summed E-state index contributed by atoms with van der Waals surface area (Å²) in [4.78, 5) is 10.6. The van der Waals surface area contributed by atoms with Crippen LogP contribution in [0.1, 0.15) is 6.42 Å². The normalized spacial score (nSPS) is 23.9. The molecule has 1 heterocycles. The number of carbonyl (C=O) groups is 1. The van der Waals surface area contributed by atoms with Crippen molar-refractivity contribution in [2.75, 3.05) is 6.61 Å². The zero-order valence-electron chi connectivity index (χ0n) is 6.29. The van der Waals surface area contributed by atoms with Gasteiger partial charge < -0.3 is 9.47 Å². The number of epoxide rings is 1. The van der Waals surface area contributed by atoms with E-state index in [1.807, 2.05) is 0 Å². The minimum absolute atomic E-state index is 0.245. The Kier molecular flexibility index (Phi) is 2.65. The third kappa shape index (κ3) is 3.18. The molecular weight excluding hydrogens is 144 g/mol. The lowest BCUT2D eigenvalue weighted by Gasteiger charge is -2.08. The zero-order valence-corrected chi connectivity index (χ0v) is 6.29. The highest BCUT2D eigenvalue weighted by Crippen LogP contribution is 2.16. The van der Waals surface area contributed by atoms with Crippen molar-refractivity contribution in [2.24, 2.45) is 0 Å². The van der Waals surface area contributed by atoms with Crippen molar-refractivity contribution in [3.63, 3.8) is 0 Å². The summed E-state index contributed by atoms with van der Waals surface area (Å²) < 4.78 is 9.74. The Morgan fingerprint density at radius 2 is 2.55 bits per heavy atom. The van der Waals surface area contributed by atoms with E-state index >= 15 is 0 Å². The van der Waals surface area contributed by atoms with Crippen molar-refractivity contribution in [3.8, 4) is 0 Å². The Bertz CT molecular complexity index is 161. The van der Waals surface area contributed by atoms with Gasteiger partial charge in [0, 0.05) is 12.5 Å². The van der Waals surface area contributed by atoms with Crippen LogP contribution < -0.4 is 0 Å². The highest BCUT2D eigenvalue weighted by Gasteiger charge is 2.25. The predicted octanol–water partition coefficient (Wildman–Crippen LogP) is 0.707. The molecule has 1 saturated heterocycles. The van der Waals surface area contributed by atoms with Gasteiger partial charge in [-0.15, -0.1) is 0 Å². The third-order valence-electron chi connectivity index (χ3n) is 1.38. The molecule has 1 fully saturated rings. The minimum atomic E-state index is -0.425. The van der Waals surface area contributed by atoms with Gasteiger partial charge in [-0.05, 0) is 6.92 Å². The lowest BCUT2D eigenvalue weighted by atomic mass is 10.2. The fourth-order valence-corrected chi connectivity index (χ4v) is 0.758. The first kappa shape index (κ1) is 8.27. The number of carbonyl (C=O) groups excluding carboxylic acids is 1. The highest BCUT2D eigenvalue weighted by molar-refractivity contribution is 5.81. The molecule has 61 valence electrons. The molecule has 1 radical (unpaired) electrons. The average molecular weight is 155 g/mol. The number of esters is 1. The topological polar surface area (TPSA) is 38.8 Å². The third-order valence-corrected chi connectivity index (χ3v) is 1.38. The van der Waals surface area contributed by atoms with Gasteiger partial charge in [-0.3, -0.25) is 0 Å². The van der Waals surface area contributed by atoms with Crippen LogP contribution >= 0.6 is 0 Å². The van der Waals surface area contributed by atoms with Gasteiger partial charge in [0.25, 0.3) is 0 Å². The van der Waals surface area contributed by atoms with Gasteiger partial charge in [-0.2, -0.15) is 0 Å². The number of rotatable bonds is 4. The Morgan fingerprint density at radius 1 is 1.91 bits per heavy atom. The fourth-order valence-electron chi connectivity index (χ4n) is 0.758. The van der Waals surface area contributed by atoms with Crippen LogP contribution in [-0.4, -0.2) is 24.8 Å². The molecule has 0 aliphatic carbocycles. The maximum atomic E-state index is 10.6. The molecule has 1 aliphatic heterocycles. The number of hydrogen-bond donors (Lipinski definition) is 0. The molecule has 1 aliphatic rings. The first-order valence-electron chi connectivity index (χ1n) is 3.50. The Morgan fingerprint density at radius 3 is 3.00 bits per heavy atom.